The maximum Gasteiger partial charge on any atom is 0.326 e. The Morgan fingerprint density at radius 1 is 1.14 bits per heavy atom. The van der Waals surface area contributed by atoms with Gasteiger partial charge in [-0.1, -0.05) is 13.0 Å². The van der Waals surface area contributed by atoms with E-state index < -0.39 is 5.54 Å². The minimum absolute atomic E-state index is 0.0539. The Kier molecular flexibility index (Phi) is 5.42. The Labute approximate surface area is 172 Å². The van der Waals surface area contributed by atoms with Gasteiger partial charge in [0.15, 0.2) is 0 Å². The van der Waals surface area contributed by atoms with E-state index in [1.165, 1.54) is 4.90 Å². The number of hydrogen-bond donors (Lipinski definition) is 1. The summed E-state index contributed by atoms with van der Waals surface area (Å²) in [6, 6.07) is 5.70. The Morgan fingerprint density at radius 3 is 2.59 bits per heavy atom. The minimum atomic E-state index is -0.684. The number of amides is 3. The molecular weight excluding hydrogens is 370 g/mol. The monoisotopic (exact) mass is 401 g/mol. The van der Waals surface area contributed by atoms with Crippen LogP contribution in [-0.4, -0.2) is 54.7 Å². The van der Waals surface area contributed by atoms with Crippen molar-refractivity contribution in [2.45, 2.75) is 57.0 Å². The molecule has 1 saturated carbocycles. The summed E-state index contributed by atoms with van der Waals surface area (Å²) in [4.78, 5) is 29.6. The molecule has 7 heteroatoms. The zero-order valence-corrected chi connectivity index (χ0v) is 17.6. The number of rotatable bonds is 5. The van der Waals surface area contributed by atoms with Crippen LogP contribution in [0.2, 0.25) is 0 Å². The van der Waals surface area contributed by atoms with Crippen molar-refractivity contribution in [1.82, 2.24) is 15.1 Å². The second-order valence-corrected chi connectivity index (χ2v) is 8.65. The first-order valence-corrected chi connectivity index (χ1v) is 10.6. The van der Waals surface area contributed by atoms with Gasteiger partial charge in [0.05, 0.1) is 20.9 Å². The van der Waals surface area contributed by atoms with Crippen molar-refractivity contribution in [3.63, 3.8) is 0 Å². The van der Waals surface area contributed by atoms with Crippen LogP contribution >= 0.6 is 0 Å². The molecule has 1 N–H and O–H groups in total. The van der Waals surface area contributed by atoms with E-state index in [0.29, 0.717) is 12.6 Å². The lowest BCUT2D eigenvalue weighted by atomic mass is 9.77. The fourth-order valence-electron chi connectivity index (χ4n) is 5.02. The summed E-state index contributed by atoms with van der Waals surface area (Å²) in [7, 11) is 3.29. The van der Waals surface area contributed by atoms with Crippen molar-refractivity contribution in [3.8, 4) is 11.5 Å². The number of ether oxygens (including phenoxy) is 2. The molecule has 0 aromatic heterocycles. The second kappa shape index (κ2) is 7.86. The number of nitrogens with zero attached hydrogens (tertiary/aromatic N) is 2. The normalized spacial score (nSPS) is 30.1. The summed E-state index contributed by atoms with van der Waals surface area (Å²) >= 11 is 0. The molecule has 7 nitrogen and oxygen atoms in total. The standard InChI is InChI=1S/C22H31N3O4/c1-15-8-10-22(11-9-15)20(26)25(21(27)23-22)14-24-12-4-5-18(24)17-7-6-16(28-2)13-19(17)29-3/h6-7,13,15,18H,4-5,8-12,14H2,1-3H3,(H,23,27)/t15?,18-,22?/m1/s1. The Balaban J connectivity index is 1.52. The summed E-state index contributed by atoms with van der Waals surface area (Å²) in [5.74, 6) is 2.08. The molecule has 3 fully saturated rings. The van der Waals surface area contributed by atoms with Gasteiger partial charge in [-0.15, -0.1) is 0 Å². The zero-order valence-electron chi connectivity index (χ0n) is 17.6. The van der Waals surface area contributed by atoms with Crippen LogP contribution in [0.25, 0.3) is 0 Å². The number of imide groups is 1. The molecule has 2 heterocycles. The molecule has 0 bridgehead atoms. The van der Waals surface area contributed by atoms with Gasteiger partial charge in [-0.3, -0.25) is 9.69 Å². The van der Waals surface area contributed by atoms with E-state index in [4.69, 9.17) is 9.47 Å². The van der Waals surface area contributed by atoms with Crippen molar-refractivity contribution in [2.24, 2.45) is 5.92 Å². The molecule has 29 heavy (non-hydrogen) atoms. The number of likely N-dealkylation sites (tertiary alicyclic amines) is 1. The topological polar surface area (TPSA) is 71.1 Å². The summed E-state index contributed by atoms with van der Waals surface area (Å²) in [6.07, 6.45) is 5.43. The van der Waals surface area contributed by atoms with Crippen LogP contribution in [0, 0.1) is 5.92 Å². The van der Waals surface area contributed by atoms with Crippen LogP contribution in [0.5, 0.6) is 11.5 Å². The maximum atomic E-state index is 13.2. The first kappa shape index (κ1) is 20.0. The highest BCUT2D eigenvalue weighted by Crippen LogP contribution is 2.40. The quantitative estimate of drug-likeness (QED) is 0.767. The van der Waals surface area contributed by atoms with E-state index in [2.05, 4.69) is 17.1 Å². The van der Waals surface area contributed by atoms with Gasteiger partial charge in [-0.25, -0.2) is 9.69 Å². The van der Waals surface area contributed by atoms with Crippen molar-refractivity contribution in [2.75, 3.05) is 27.4 Å². The number of carbonyl (C=O) groups is 2. The molecule has 2 saturated heterocycles. The molecule has 3 aliphatic rings. The lowest BCUT2D eigenvalue weighted by molar-refractivity contribution is -0.134. The Morgan fingerprint density at radius 2 is 1.90 bits per heavy atom. The third-order valence-electron chi connectivity index (χ3n) is 6.86. The SMILES string of the molecule is COc1ccc([C@H]2CCCN2CN2C(=O)NC3(CCC(C)CC3)C2=O)c(OC)c1. The second-order valence-electron chi connectivity index (χ2n) is 8.65. The van der Waals surface area contributed by atoms with Crippen LogP contribution < -0.4 is 14.8 Å². The average molecular weight is 402 g/mol. The molecule has 2 aliphatic heterocycles. The number of benzene rings is 1. The number of urea groups is 1. The Bertz CT molecular complexity index is 788. The first-order chi connectivity index (χ1) is 14.0. The largest absolute Gasteiger partial charge is 0.497 e. The van der Waals surface area contributed by atoms with E-state index >= 15 is 0 Å². The van der Waals surface area contributed by atoms with E-state index in [1.807, 2.05) is 18.2 Å². The molecule has 1 aliphatic carbocycles. The summed E-state index contributed by atoms with van der Waals surface area (Å²) in [6.45, 7) is 3.38. The summed E-state index contributed by atoms with van der Waals surface area (Å²) < 4.78 is 10.9. The van der Waals surface area contributed by atoms with Gasteiger partial charge in [0.25, 0.3) is 5.91 Å². The van der Waals surface area contributed by atoms with Gasteiger partial charge >= 0.3 is 6.03 Å². The highest BCUT2D eigenvalue weighted by molar-refractivity contribution is 6.07. The minimum Gasteiger partial charge on any atom is -0.497 e. The van der Waals surface area contributed by atoms with Crippen LogP contribution in [0.15, 0.2) is 18.2 Å². The van der Waals surface area contributed by atoms with Crippen molar-refractivity contribution < 1.29 is 19.1 Å². The van der Waals surface area contributed by atoms with Crippen molar-refractivity contribution in [1.29, 1.82) is 0 Å². The predicted molar refractivity (Wildman–Crippen MR) is 109 cm³/mol. The fourth-order valence-corrected chi connectivity index (χ4v) is 5.02. The van der Waals surface area contributed by atoms with Crippen molar-refractivity contribution >= 4 is 11.9 Å². The van der Waals surface area contributed by atoms with Gasteiger partial charge < -0.3 is 14.8 Å². The van der Waals surface area contributed by atoms with Crippen LogP contribution in [0.4, 0.5) is 4.79 Å². The van der Waals surface area contributed by atoms with Crippen molar-refractivity contribution in [3.05, 3.63) is 23.8 Å². The summed E-state index contributed by atoms with van der Waals surface area (Å²) in [5, 5.41) is 3.03. The van der Waals surface area contributed by atoms with Gasteiger partial charge in [0.1, 0.15) is 17.0 Å². The average Bonchev–Trinajstić information content (AvgIpc) is 3.28. The number of carbonyl (C=O) groups excluding carboxylic acids is 2. The third kappa shape index (κ3) is 3.56. The molecule has 1 aromatic carbocycles. The van der Waals surface area contributed by atoms with E-state index in [1.54, 1.807) is 14.2 Å². The molecule has 0 radical (unpaired) electrons. The van der Waals surface area contributed by atoms with Gasteiger partial charge in [-0.2, -0.15) is 0 Å². The molecular formula is C22H31N3O4. The smallest absolute Gasteiger partial charge is 0.326 e. The molecule has 1 aromatic rings. The van der Waals surface area contributed by atoms with E-state index in [9.17, 15) is 9.59 Å². The Hall–Kier alpha value is -2.28. The maximum absolute atomic E-state index is 13.2. The zero-order chi connectivity index (χ0) is 20.6. The highest BCUT2D eigenvalue weighted by atomic mass is 16.5. The van der Waals surface area contributed by atoms with Crippen LogP contribution in [0.3, 0.4) is 0 Å². The molecule has 1 spiro atoms. The molecule has 1 atom stereocenters. The number of nitrogens with one attached hydrogen (secondary N) is 1. The van der Waals surface area contributed by atoms with E-state index in [-0.39, 0.29) is 18.0 Å². The number of methoxy groups -OCH3 is 2. The number of hydrogen-bond acceptors (Lipinski definition) is 5. The van der Waals surface area contributed by atoms with E-state index in [0.717, 1.165) is 62.1 Å². The first-order valence-electron chi connectivity index (χ1n) is 10.6. The van der Waals surface area contributed by atoms with Crippen LogP contribution in [0.1, 0.15) is 57.1 Å². The highest BCUT2D eigenvalue weighted by Gasteiger charge is 2.52. The fraction of sp³-hybridized carbons (Fsp3) is 0.636. The molecule has 158 valence electrons. The lowest BCUT2D eigenvalue weighted by Gasteiger charge is -2.34. The molecule has 0 unspecified atom stereocenters. The third-order valence-corrected chi connectivity index (χ3v) is 6.86. The van der Waals surface area contributed by atoms with Gasteiger partial charge in [0.2, 0.25) is 0 Å². The predicted octanol–water partition coefficient (Wildman–Crippen LogP) is 3.30. The lowest BCUT2D eigenvalue weighted by Crippen LogP contribution is -2.50. The van der Waals surface area contributed by atoms with Gasteiger partial charge in [0, 0.05) is 24.2 Å². The molecule has 4 rings (SSSR count). The molecule has 3 amide bonds. The summed E-state index contributed by atoms with van der Waals surface area (Å²) in [5.41, 5.74) is 0.385. The van der Waals surface area contributed by atoms with Crippen LogP contribution in [-0.2, 0) is 4.79 Å². The van der Waals surface area contributed by atoms with Gasteiger partial charge in [-0.05, 0) is 50.5 Å².